The van der Waals surface area contributed by atoms with E-state index in [0.717, 1.165) is 33.3 Å². The summed E-state index contributed by atoms with van der Waals surface area (Å²) in [5, 5.41) is 10.9. The zero-order valence-corrected chi connectivity index (χ0v) is 12.0. The fraction of sp³-hybridized carbons (Fsp3) is 0.0588. The smallest absolute Gasteiger partial charge is 0.247 e. The highest BCUT2D eigenvalue weighted by Gasteiger charge is 2.09. The van der Waals surface area contributed by atoms with E-state index in [1.165, 1.54) is 6.08 Å². The lowest BCUT2D eigenvalue weighted by Crippen LogP contribution is -2.07. The minimum Gasteiger partial charge on any atom is -0.326 e. The number of hydrogen-bond donors (Lipinski definition) is 3. The van der Waals surface area contributed by atoms with E-state index in [4.69, 9.17) is 5.73 Å². The molecule has 0 radical (unpaired) electrons. The van der Waals surface area contributed by atoms with Gasteiger partial charge < -0.3 is 11.1 Å². The number of H-pyrrole nitrogens is 1. The summed E-state index contributed by atoms with van der Waals surface area (Å²) in [6.45, 7) is 3.91. The van der Waals surface area contributed by atoms with Crippen molar-refractivity contribution in [3.8, 4) is 11.1 Å². The van der Waals surface area contributed by atoms with Crippen molar-refractivity contribution < 1.29 is 4.79 Å². The first kappa shape index (κ1) is 14.0. The van der Waals surface area contributed by atoms with E-state index in [0.29, 0.717) is 6.54 Å². The summed E-state index contributed by atoms with van der Waals surface area (Å²) in [6.07, 6.45) is 3.04. The van der Waals surface area contributed by atoms with Gasteiger partial charge in [0.25, 0.3) is 0 Å². The molecule has 1 aromatic heterocycles. The molecular weight excluding hydrogens is 276 g/mol. The first-order valence-corrected chi connectivity index (χ1v) is 6.92. The van der Waals surface area contributed by atoms with E-state index in [1.807, 2.05) is 36.4 Å². The molecule has 4 N–H and O–H groups in total. The molecule has 1 amide bonds. The second-order valence-corrected chi connectivity index (χ2v) is 4.91. The number of amides is 1. The Hall–Kier alpha value is -2.92. The molecule has 110 valence electrons. The van der Waals surface area contributed by atoms with Crippen LogP contribution in [0, 0.1) is 0 Å². The van der Waals surface area contributed by atoms with Crippen LogP contribution in [0.3, 0.4) is 0 Å². The Morgan fingerprint density at radius 1 is 1.36 bits per heavy atom. The number of rotatable bonds is 4. The Labute approximate surface area is 127 Å². The Bertz CT molecular complexity index is 851. The molecule has 3 rings (SSSR count). The second-order valence-electron chi connectivity index (χ2n) is 4.91. The van der Waals surface area contributed by atoms with Gasteiger partial charge in [-0.15, -0.1) is 0 Å². The van der Waals surface area contributed by atoms with Crippen LogP contribution in [0.4, 0.5) is 5.69 Å². The average molecular weight is 292 g/mol. The number of nitrogens with zero attached hydrogens (tertiary/aromatic N) is 1. The topological polar surface area (TPSA) is 83.8 Å². The number of carbonyl (C=O) groups excluding carboxylic acids is 1. The minimum atomic E-state index is -0.232. The summed E-state index contributed by atoms with van der Waals surface area (Å²) >= 11 is 0. The SMILES string of the molecule is C=CC(=O)Nc1cccc(-c2ccc(CN)c3[nH]ncc23)c1. The Balaban J connectivity index is 2.08. The molecule has 3 aromatic rings. The molecule has 0 saturated carbocycles. The molecule has 0 bridgehead atoms. The van der Waals surface area contributed by atoms with Gasteiger partial charge in [0.2, 0.25) is 5.91 Å². The fourth-order valence-electron chi connectivity index (χ4n) is 2.47. The Kier molecular flexibility index (Phi) is 3.72. The number of carbonyl (C=O) groups is 1. The number of fused-ring (bicyclic) bond motifs is 1. The summed E-state index contributed by atoms with van der Waals surface area (Å²) < 4.78 is 0. The van der Waals surface area contributed by atoms with Gasteiger partial charge in [0.15, 0.2) is 0 Å². The second kappa shape index (κ2) is 5.83. The van der Waals surface area contributed by atoms with E-state index in [2.05, 4.69) is 22.1 Å². The molecule has 5 heteroatoms. The van der Waals surface area contributed by atoms with E-state index in [1.54, 1.807) is 6.20 Å². The van der Waals surface area contributed by atoms with Gasteiger partial charge in [-0.2, -0.15) is 5.10 Å². The summed E-state index contributed by atoms with van der Waals surface area (Å²) in [7, 11) is 0. The van der Waals surface area contributed by atoms with Crippen molar-refractivity contribution in [1.29, 1.82) is 0 Å². The quantitative estimate of drug-likeness (QED) is 0.646. The van der Waals surface area contributed by atoms with Crippen molar-refractivity contribution in [2.24, 2.45) is 5.73 Å². The predicted molar refractivity (Wildman–Crippen MR) is 88.2 cm³/mol. The van der Waals surface area contributed by atoms with Crippen molar-refractivity contribution in [1.82, 2.24) is 10.2 Å². The zero-order chi connectivity index (χ0) is 15.5. The Morgan fingerprint density at radius 3 is 3.00 bits per heavy atom. The molecule has 22 heavy (non-hydrogen) atoms. The number of anilines is 1. The fourth-order valence-corrected chi connectivity index (χ4v) is 2.47. The average Bonchev–Trinajstić information content (AvgIpc) is 3.03. The number of benzene rings is 2. The number of hydrogen-bond acceptors (Lipinski definition) is 3. The van der Waals surface area contributed by atoms with Crippen molar-refractivity contribution in [2.45, 2.75) is 6.54 Å². The van der Waals surface area contributed by atoms with Crippen LogP contribution < -0.4 is 11.1 Å². The molecule has 0 saturated heterocycles. The molecule has 2 aromatic carbocycles. The van der Waals surface area contributed by atoms with Crippen molar-refractivity contribution >= 4 is 22.5 Å². The van der Waals surface area contributed by atoms with E-state index in [-0.39, 0.29) is 5.91 Å². The maximum atomic E-state index is 11.4. The third-order valence-corrected chi connectivity index (χ3v) is 3.55. The van der Waals surface area contributed by atoms with Crippen LogP contribution >= 0.6 is 0 Å². The minimum absolute atomic E-state index is 0.232. The number of aromatic amines is 1. The summed E-state index contributed by atoms with van der Waals surface area (Å²) in [5.74, 6) is -0.232. The third kappa shape index (κ3) is 2.49. The monoisotopic (exact) mass is 292 g/mol. The van der Waals surface area contributed by atoms with Gasteiger partial charge in [-0.3, -0.25) is 9.89 Å². The summed E-state index contributed by atoms with van der Waals surface area (Å²) in [5.41, 5.74) is 10.5. The molecule has 0 aliphatic rings. The van der Waals surface area contributed by atoms with Crippen LogP contribution in [0.5, 0.6) is 0 Å². The van der Waals surface area contributed by atoms with Gasteiger partial charge in [0.05, 0.1) is 11.7 Å². The molecular formula is C17H16N4O. The third-order valence-electron chi connectivity index (χ3n) is 3.55. The summed E-state index contributed by atoms with van der Waals surface area (Å²) in [6, 6.07) is 11.7. The highest BCUT2D eigenvalue weighted by atomic mass is 16.1. The van der Waals surface area contributed by atoms with Gasteiger partial charge in [0, 0.05) is 17.6 Å². The van der Waals surface area contributed by atoms with Crippen LogP contribution in [0.25, 0.3) is 22.0 Å². The van der Waals surface area contributed by atoms with E-state index >= 15 is 0 Å². The van der Waals surface area contributed by atoms with Gasteiger partial charge in [-0.25, -0.2) is 0 Å². The summed E-state index contributed by atoms with van der Waals surface area (Å²) in [4.78, 5) is 11.4. The molecule has 0 fully saturated rings. The highest BCUT2D eigenvalue weighted by molar-refractivity contribution is 6.00. The van der Waals surface area contributed by atoms with E-state index in [9.17, 15) is 4.79 Å². The number of nitrogens with one attached hydrogen (secondary N) is 2. The van der Waals surface area contributed by atoms with Crippen LogP contribution in [0.1, 0.15) is 5.56 Å². The van der Waals surface area contributed by atoms with Gasteiger partial charge in [0.1, 0.15) is 0 Å². The van der Waals surface area contributed by atoms with E-state index < -0.39 is 0 Å². The number of aromatic nitrogens is 2. The highest BCUT2D eigenvalue weighted by Crippen LogP contribution is 2.30. The van der Waals surface area contributed by atoms with Gasteiger partial charge >= 0.3 is 0 Å². The molecule has 0 spiro atoms. The predicted octanol–water partition coefficient (Wildman–Crippen LogP) is 2.81. The van der Waals surface area contributed by atoms with Crippen molar-refractivity contribution in [2.75, 3.05) is 5.32 Å². The van der Waals surface area contributed by atoms with Crippen LogP contribution in [-0.2, 0) is 11.3 Å². The van der Waals surface area contributed by atoms with Crippen molar-refractivity contribution in [3.63, 3.8) is 0 Å². The lowest BCUT2D eigenvalue weighted by atomic mass is 9.99. The van der Waals surface area contributed by atoms with Gasteiger partial charge in [-0.1, -0.05) is 30.8 Å². The van der Waals surface area contributed by atoms with Crippen LogP contribution in [0.15, 0.2) is 55.3 Å². The maximum absolute atomic E-state index is 11.4. The first-order chi connectivity index (χ1) is 10.7. The number of nitrogens with two attached hydrogens (primary N) is 1. The maximum Gasteiger partial charge on any atom is 0.247 e. The molecule has 0 unspecified atom stereocenters. The van der Waals surface area contributed by atoms with Crippen LogP contribution in [0.2, 0.25) is 0 Å². The Morgan fingerprint density at radius 2 is 2.23 bits per heavy atom. The normalized spacial score (nSPS) is 10.6. The molecule has 0 aliphatic carbocycles. The molecule has 5 nitrogen and oxygen atoms in total. The lowest BCUT2D eigenvalue weighted by molar-refractivity contribution is -0.111. The lowest BCUT2D eigenvalue weighted by Gasteiger charge is -2.09. The van der Waals surface area contributed by atoms with Crippen molar-refractivity contribution in [3.05, 3.63) is 60.8 Å². The molecule has 0 aliphatic heterocycles. The standard InChI is InChI=1S/C17H16N4O/c1-2-16(22)20-13-5-3-4-11(8-13)14-7-6-12(9-18)17-15(14)10-19-21-17/h2-8,10H,1,9,18H2,(H,19,21)(H,20,22). The van der Waals surface area contributed by atoms with Gasteiger partial charge in [-0.05, 0) is 34.9 Å². The largest absolute Gasteiger partial charge is 0.326 e. The zero-order valence-electron chi connectivity index (χ0n) is 12.0. The molecule has 1 heterocycles. The first-order valence-electron chi connectivity index (χ1n) is 6.92. The van der Waals surface area contributed by atoms with Crippen LogP contribution in [-0.4, -0.2) is 16.1 Å². The molecule has 0 atom stereocenters.